The number of fused-ring (bicyclic) bond motifs is 3. The molecule has 8 rings (SSSR count). The highest BCUT2D eigenvalue weighted by atomic mass is 32.2. The fourth-order valence-corrected chi connectivity index (χ4v) is 11.3. The van der Waals surface area contributed by atoms with E-state index in [1.165, 1.54) is 34.0 Å². The maximum absolute atomic E-state index is 12.1. The van der Waals surface area contributed by atoms with Crippen molar-refractivity contribution in [2.45, 2.75) is 23.6 Å². The van der Waals surface area contributed by atoms with Gasteiger partial charge in [0.25, 0.3) is 20.2 Å². The smallest absolute Gasteiger partial charge is 0.282 e. The van der Waals surface area contributed by atoms with E-state index < -0.39 is 20.2 Å². The van der Waals surface area contributed by atoms with Gasteiger partial charge in [0.2, 0.25) is 0 Å². The van der Waals surface area contributed by atoms with E-state index in [1.54, 1.807) is 50.2 Å². The molecule has 0 unspecified atom stereocenters. The Balaban J connectivity index is 0.997. The molecule has 0 aliphatic heterocycles. The van der Waals surface area contributed by atoms with Crippen LogP contribution in [0.3, 0.4) is 0 Å². The van der Waals surface area contributed by atoms with Crippen LogP contribution in [0.4, 0.5) is 11.4 Å². The van der Waals surface area contributed by atoms with Crippen molar-refractivity contribution in [2.75, 3.05) is 0 Å². The number of hydrogen-bond acceptors (Lipinski definition) is 12. The number of aromatic nitrogens is 3. The second-order valence-electron chi connectivity index (χ2n) is 11.6. The first-order valence-corrected chi connectivity index (χ1v) is 20.4. The molecule has 0 saturated carbocycles. The van der Waals surface area contributed by atoms with Crippen LogP contribution >= 0.6 is 34.0 Å². The number of benzene rings is 5. The topological polar surface area (TPSA) is 172 Å². The molecule has 0 amide bonds. The van der Waals surface area contributed by atoms with Gasteiger partial charge in [0, 0.05) is 16.7 Å². The second-order valence-corrected chi connectivity index (χ2v) is 17.3. The Labute approximate surface area is 303 Å². The summed E-state index contributed by atoms with van der Waals surface area (Å²) in [4.78, 5) is 13.8. The first-order valence-electron chi connectivity index (χ1n) is 15.1. The molecular formula is C35H23N5O6S5. The summed E-state index contributed by atoms with van der Waals surface area (Å²) in [5, 5.41) is 10.8. The van der Waals surface area contributed by atoms with Crippen molar-refractivity contribution in [3.63, 3.8) is 0 Å². The molecule has 0 radical (unpaired) electrons. The molecular weight excluding hydrogens is 747 g/mol. The van der Waals surface area contributed by atoms with E-state index in [4.69, 9.17) is 4.98 Å². The summed E-state index contributed by atoms with van der Waals surface area (Å²) in [6.07, 6.45) is 0. The summed E-state index contributed by atoms with van der Waals surface area (Å²) in [5.41, 5.74) is 6.53. The van der Waals surface area contributed by atoms with E-state index >= 15 is 0 Å². The molecule has 0 bridgehead atoms. The third-order valence-corrected chi connectivity index (χ3v) is 13.8. The zero-order valence-corrected chi connectivity index (χ0v) is 30.5. The molecule has 0 aliphatic carbocycles. The minimum Gasteiger partial charge on any atom is -0.282 e. The quantitative estimate of drug-likeness (QED) is 0.118. The maximum atomic E-state index is 12.1. The summed E-state index contributed by atoms with van der Waals surface area (Å²) >= 11 is 3.95. The third kappa shape index (κ3) is 6.35. The number of nitrogens with zero attached hydrogens (tertiary/aromatic N) is 5. The summed E-state index contributed by atoms with van der Waals surface area (Å²) < 4.78 is 69.4. The number of hydrogen-bond donors (Lipinski definition) is 2. The van der Waals surface area contributed by atoms with Crippen molar-refractivity contribution in [2.24, 2.45) is 10.2 Å². The van der Waals surface area contributed by atoms with E-state index in [0.717, 1.165) is 31.9 Å². The van der Waals surface area contributed by atoms with Gasteiger partial charge in [-0.2, -0.15) is 27.1 Å². The van der Waals surface area contributed by atoms with Gasteiger partial charge >= 0.3 is 0 Å². The molecule has 8 aromatic rings. The average Bonchev–Trinajstić information content (AvgIpc) is 3.83. The molecule has 11 nitrogen and oxygen atoms in total. The first-order chi connectivity index (χ1) is 24.3. The van der Waals surface area contributed by atoms with Gasteiger partial charge in [0.15, 0.2) is 0 Å². The lowest BCUT2D eigenvalue weighted by Crippen LogP contribution is -2.00. The van der Waals surface area contributed by atoms with Crippen LogP contribution < -0.4 is 0 Å². The summed E-state index contributed by atoms with van der Waals surface area (Å²) in [5.74, 6) is 0. The molecule has 51 heavy (non-hydrogen) atoms. The molecule has 16 heteroatoms. The van der Waals surface area contributed by atoms with Crippen LogP contribution in [-0.4, -0.2) is 40.9 Å². The van der Waals surface area contributed by atoms with Gasteiger partial charge in [-0.15, -0.1) is 34.0 Å². The normalized spacial score (nSPS) is 12.5. The van der Waals surface area contributed by atoms with Gasteiger partial charge in [-0.05, 0) is 104 Å². The van der Waals surface area contributed by atoms with Crippen molar-refractivity contribution in [3.8, 4) is 31.7 Å². The van der Waals surface area contributed by atoms with Crippen molar-refractivity contribution >= 4 is 96.3 Å². The molecule has 254 valence electrons. The SMILES string of the molecule is Cc1ccc2nc(-c3ccc(N=Nc4ccc(-c5nc6ccc(-c7nc8ccc(C)c(S(=O)(=O)O)c8s7)cc6s5)cc4)cc3)sc2c1S(=O)(=O)O. The van der Waals surface area contributed by atoms with Gasteiger partial charge < -0.3 is 0 Å². The maximum Gasteiger partial charge on any atom is 0.296 e. The summed E-state index contributed by atoms with van der Waals surface area (Å²) in [6, 6.07) is 27.4. The highest BCUT2D eigenvalue weighted by Crippen LogP contribution is 2.39. The zero-order chi connectivity index (χ0) is 35.7. The Morgan fingerprint density at radius 3 is 1.37 bits per heavy atom. The average molecular weight is 770 g/mol. The van der Waals surface area contributed by atoms with E-state index in [0.29, 0.717) is 53.0 Å². The molecule has 0 aliphatic rings. The van der Waals surface area contributed by atoms with Crippen molar-refractivity contribution in [1.29, 1.82) is 0 Å². The Morgan fingerprint density at radius 1 is 0.510 bits per heavy atom. The Bertz CT molecular complexity index is 2930. The van der Waals surface area contributed by atoms with Gasteiger partial charge in [0.1, 0.15) is 24.8 Å². The molecule has 0 spiro atoms. The van der Waals surface area contributed by atoms with Crippen LogP contribution in [0.5, 0.6) is 0 Å². The van der Waals surface area contributed by atoms with Crippen LogP contribution in [0.15, 0.2) is 111 Å². The minimum absolute atomic E-state index is 0.109. The van der Waals surface area contributed by atoms with Gasteiger partial charge in [-0.25, -0.2) is 15.0 Å². The predicted molar refractivity (Wildman–Crippen MR) is 202 cm³/mol. The molecule has 3 heterocycles. The molecule has 0 atom stereocenters. The molecule has 0 fully saturated rings. The number of aryl methyl sites for hydroxylation is 2. The lowest BCUT2D eigenvalue weighted by Gasteiger charge is -2.02. The molecule has 3 aromatic heterocycles. The van der Waals surface area contributed by atoms with Crippen molar-refractivity contribution < 1.29 is 25.9 Å². The predicted octanol–water partition coefficient (Wildman–Crippen LogP) is 10.0. The van der Waals surface area contributed by atoms with Crippen LogP contribution in [0.25, 0.3) is 62.4 Å². The number of thiazole rings is 3. The largest absolute Gasteiger partial charge is 0.296 e. The standard InChI is InChI=1S/C35H23N5O6S5/c1-18-3-14-26-29(31(18)50(41,42)43)48-34(37-26)21-7-12-24(13-8-21)40-39-23-10-5-20(6-11-23)33-36-25-16-9-22(17-28(25)47-33)35-38-27-15-4-19(2)32(30(27)49-35)51(44,45)46/h3-17H,1-2H3,(H,41,42,43)(H,44,45,46). The van der Waals surface area contributed by atoms with Crippen LogP contribution in [-0.2, 0) is 20.2 Å². The fraction of sp³-hybridized carbons (Fsp3) is 0.0571. The lowest BCUT2D eigenvalue weighted by atomic mass is 10.2. The van der Waals surface area contributed by atoms with Crippen molar-refractivity contribution in [3.05, 3.63) is 102 Å². The second kappa shape index (κ2) is 12.4. The Hall–Kier alpha value is -4.81. The Morgan fingerprint density at radius 2 is 0.902 bits per heavy atom. The third-order valence-electron chi connectivity index (χ3n) is 8.08. The Kier molecular flexibility index (Phi) is 8.14. The van der Waals surface area contributed by atoms with E-state index in [-0.39, 0.29) is 9.79 Å². The van der Waals surface area contributed by atoms with Gasteiger partial charge in [0.05, 0.1) is 42.0 Å². The lowest BCUT2D eigenvalue weighted by molar-refractivity contribution is 0.481. The molecule has 2 N–H and O–H groups in total. The highest BCUT2D eigenvalue weighted by molar-refractivity contribution is 7.86. The summed E-state index contributed by atoms with van der Waals surface area (Å²) in [6.45, 7) is 3.28. The number of azo groups is 1. The monoisotopic (exact) mass is 769 g/mol. The summed E-state index contributed by atoms with van der Waals surface area (Å²) in [7, 11) is -8.80. The zero-order valence-electron chi connectivity index (χ0n) is 26.5. The highest BCUT2D eigenvalue weighted by Gasteiger charge is 2.22. The van der Waals surface area contributed by atoms with Crippen LogP contribution in [0.2, 0.25) is 0 Å². The first kappa shape index (κ1) is 33.3. The van der Waals surface area contributed by atoms with Crippen LogP contribution in [0.1, 0.15) is 11.1 Å². The number of rotatable bonds is 7. The molecule has 5 aromatic carbocycles. The fourth-order valence-electron chi connectivity index (χ4n) is 5.66. The van der Waals surface area contributed by atoms with Crippen LogP contribution in [0, 0.1) is 13.8 Å². The van der Waals surface area contributed by atoms with Crippen molar-refractivity contribution in [1.82, 2.24) is 15.0 Å². The van der Waals surface area contributed by atoms with Gasteiger partial charge in [-0.1, -0.05) is 12.1 Å². The van der Waals surface area contributed by atoms with E-state index in [9.17, 15) is 25.9 Å². The minimum atomic E-state index is -4.41. The van der Waals surface area contributed by atoms with E-state index in [1.807, 2.05) is 54.6 Å². The van der Waals surface area contributed by atoms with Gasteiger partial charge in [-0.3, -0.25) is 9.11 Å². The molecule has 0 saturated heterocycles. The van der Waals surface area contributed by atoms with E-state index in [2.05, 4.69) is 20.2 Å².